The van der Waals surface area contributed by atoms with Crippen molar-refractivity contribution in [2.45, 2.75) is 46.5 Å². The third-order valence-corrected chi connectivity index (χ3v) is 3.78. The minimum absolute atomic E-state index is 0.800. The first-order chi connectivity index (χ1) is 10.1. The lowest BCUT2D eigenvalue weighted by molar-refractivity contribution is 0.414. The second-order valence-electron chi connectivity index (χ2n) is 6.10. The Morgan fingerprint density at radius 2 is 1.86 bits per heavy atom. The van der Waals surface area contributed by atoms with E-state index in [1.165, 1.54) is 30.4 Å². The Bertz CT molecular complexity index is 404. The first kappa shape index (κ1) is 17.8. The number of ether oxygens (including phenoxy) is 1. The van der Waals surface area contributed by atoms with Gasteiger partial charge in [-0.05, 0) is 76.2 Å². The highest BCUT2D eigenvalue weighted by Crippen LogP contribution is 2.12. The zero-order valence-corrected chi connectivity index (χ0v) is 14.1. The molecule has 1 aromatic carbocycles. The van der Waals surface area contributed by atoms with Crippen LogP contribution in [-0.4, -0.2) is 20.2 Å². The molecule has 2 nitrogen and oxygen atoms in total. The maximum atomic E-state index is 5.17. The highest BCUT2D eigenvalue weighted by molar-refractivity contribution is 5.27. The lowest BCUT2D eigenvalue weighted by atomic mass is 10.0. The smallest absolute Gasteiger partial charge is 0.118 e. The molecule has 0 aliphatic carbocycles. The third kappa shape index (κ3) is 8.56. The van der Waals surface area contributed by atoms with E-state index in [1.54, 1.807) is 7.11 Å². The van der Waals surface area contributed by atoms with Crippen molar-refractivity contribution in [2.75, 3.05) is 20.2 Å². The van der Waals surface area contributed by atoms with E-state index in [1.807, 2.05) is 12.1 Å². The summed E-state index contributed by atoms with van der Waals surface area (Å²) in [6.07, 6.45) is 7.20. The van der Waals surface area contributed by atoms with E-state index in [2.05, 4.69) is 44.3 Å². The van der Waals surface area contributed by atoms with Crippen molar-refractivity contribution in [3.05, 3.63) is 41.5 Å². The average Bonchev–Trinajstić information content (AvgIpc) is 2.47. The van der Waals surface area contributed by atoms with Crippen molar-refractivity contribution in [2.24, 2.45) is 5.92 Å². The van der Waals surface area contributed by atoms with Crippen molar-refractivity contribution >= 4 is 0 Å². The van der Waals surface area contributed by atoms with Crippen molar-refractivity contribution < 1.29 is 4.74 Å². The van der Waals surface area contributed by atoms with Gasteiger partial charge in [0.2, 0.25) is 0 Å². The lowest BCUT2D eigenvalue weighted by Gasteiger charge is -2.11. The number of allylic oxidation sites excluding steroid dienone is 2. The molecule has 0 saturated heterocycles. The molecular weight excluding hydrogens is 258 g/mol. The van der Waals surface area contributed by atoms with E-state index in [0.717, 1.165) is 31.2 Å². The SMILES string of the molecule is COc1ccc(CCNCC[C@@H](C)CCC=C(C)C)cc1. The molecule has 0 aliphatic rings. The van der Waals surface area contributed by atoms with Crippen LogP contribution in [0.2, 0.25) is 0 Å². The minimum Gasteiger partial charge on any atom is -0.497 e. The van der Waals surface area contributed by atoms with Crippen LogP contribution in [0.4, 0.5) is 0 Å². The van der Waals surface area contributed by atoms with Crippen LogP contribution in [0.15, 0.2) is 35.9 Å². The van der Waals surface area contributed by atoms with E-state index in [9.17, 15) is 0 Å². The second-order valence-corrected chi connectivity index (χ2v) is 6.10. The Labute approximate surface area is 130 Å². The van der Waals surface area contributed by atoms with E-state index in [-0.39, 0.29) is 0 Å². The monoisotopic (exact) mass is 289 g/mol. The van der Waals surface area contributed by atoms with Crippen molar-refractivity contribution in [3.8, 4) is 5.75 Å². The van der Waals surface area contributed by atoms with Crippen LogP contribution in [-0.2, 0) is 6.42 Å². The van der Waals surface area contributed by atoms with Crippen LogP contribution >= 0.6 is 0 Å². The highest BCUT2D eigenvalue weighted by atomic mass is 16.5. The average molecular weight is 289 g/mol. The maximum absolute atomic E-state index is 5.17. The quantitative estimate of drug-likeness (QED) is 0.502. The summed E-state index contributed by atoms with van der Waals surface area (Å²) in [4.78, 5) is 0. The Kier molecular flexibility index (Phi) is 8.84. The fourth-order valence-corrected chi connectivity index (χ4v) is 2.30. The van der Waals surface area contributed by atoms with Crippen LogP contribution in [0.25, 0.3) is 0 Å². The standard InChI is InChI=1S/C19H31NO/c1-16(2)6-5-7-17(3)12-14-20-15-13-18-8-10-19(21-4)11-9-18/h6,8-11,17,20H,5,7,12-15H2,1-4H3/t17-/m0/s1. The Morgan fingerprint density at radius 3 is 2.48 bits per heavy atom. The van der Waals surface area contributed by atoms with Gasteiger partial charge >= 0.3 is 0 Å². The van der Waals surface area contributed by atoms with Gasteiger partial charge in [-0.1, -0.05) is 30.7 Å². The molecule has 1 aromatic rings. The van der Waals surface area contributed by atoms with Crippen LogP contribution in [0.5, 0.6) is 5.75 Å². The molecule has 0 spiro atoms. The molecular formula is C19H31NO. The molecule has 1 atom stereocenters. The summed E-state index contributed by atoms with van der Waals surface area (Å²) in [5.41, 5.74) is 2.79. The van der Waals surface area contributed by atoms with Gasteiger partial charge in [-0.3, -0.25) is 0 Å². The van der Waals surface area contributed by atoms with Gasteiger partial charge < -0.3 is 10.1 Å². The molecule has 0 radical (unpaired) electrons. The van der Waals surface area contributed by atoms with Gasteiger partial charge in [0.1, 0.15) is 5.75 Å². The van der Waals surface area contributed by atoms with Crippen molar-refractivity contribution in [1.29, 1.82) is 0 Å². The Balaban J connectivity index is 2.06. The fraction of sp³-hybridized carbons (Fsp3) is 0.579. The molecule has 0 heterocycles. The maximum Gasteiger partial charge on any atom is 0.118 e. The molecule has 0 aromatic heterocycles. The van der Waals surface area contributed by atoms with Crippen molar-refractivity contribution in [1.82, 2.24) is 5.32 Å². The molecule has 1 rings (SSSR count). The number of hydrogen-bond acceptors (Lipinski definition) is 2. The van der Waals surface area contributed by atoms with Gasteiger partial charge in [0.05, 0.1) is 7.11 Å². The molecule has 0 saturated carbocycles. The molecule has 2 heteroatoms. The topological polar surface area (TPSA) is 21.3 Å². The summed E-state index contributed by atoms with van der Waals surface area (Å²) >= 11 is 0. The van der Waals surface area contributed by atoms with Gasteiger partial charge in [0.15, 0.2) is 0 Å². The van der Waals surface area contributed by atoms with Gasteiger partial charge in [-0.25, -0.2) is 0 Å². The molecule has 1 N–H and O–H groups in total. The summed E-state index contributed by atoms with van der Waals surface area (Å²) in [5.74, 6) is 1.73. The van der Waals surface area contributed by atoms with Gasteiger partial charge in [-0.2, -0.15) is 0 Å². The van der Waals surface area contributed by atoms with Crippen LogP contribution in [0, 0.1) is 5.92 Å². The van der Waals surface area contributed by atoms with Crippen LogP contribution < -0.4 is 10.1 Å². The number of rotatable bonds is 10. The zero-order chi connectivity index (χ0) is 15.5. The molecule has 0 amide bonds. The van der Waals surface area contributed by atoms with Gasteiger partial charge in [0, 0.05) is 0 Å². The number of nitrogens with one attached hydrogen (secondary N) is 1. The Hall–Kier alpha value is -1.28. The summed E-state index contributed by atoms with van der Waals surface area (Å²) in [6.45, 7) is 8.86. The Morgan fingerprint density at radius 1 is 1.14 bits per heavy atom. The van der Waals surface area contributed by atoms with Crippen LogP contribution in [0.3, 0.4) is 0 Å². The predicted molar refractivity (Wildman–Crippen MR) is 92.0 cm³/mol. The van der Waals surface area contributed by atoms with Crippen molar-refractivity contribution in [3.63, 3.8) is 0 Å². The lowest BCUT2D eigenvalue weighted by Crippen LogP contribution is -2.20. The summed E-state index contributed by atoms with van der Waals surface area (Å²) in [5, 5.41) is 3.55. The molecule has 0 fully saturated rings. The molecule has 0 bridgehead atoms. The minimum atomic E-state index is 0.800. The molecule has 118 valence electrons. The summed E-state index contributed by atoms with van der Waals surface area (Å²) in [6, 6.07) is 8.34. The second kappa shape index (κ2) is 10.4. The largest absolute Gasteiger partial charge is 0.497 e. The van der Waals surface area contributed by atoms with E-state index in [4.69, 9.17) is 4.74 Å². The fourth-order valence-electron chi connectivity index (χ4n) is 2.30. The third-order valence-electron chi connectivity index (χ3n) is 3.78. The molecule has 0 unspecified atom stereocenters. The highest BCUT2D eigenvalue weighted by Gasteiger charge is 2.01. The number of hydrogen-bond donors (Lipinski definition) is 1. The zero-order valence-electron chi connectivity index (χ0n) is 14.1. The van der Waals surface area contributed by atoms with Crippen LogP contribution in [0.1, 0.15) is 45.6 Å². The normalized spacial score (nSPS) is 12.0. The predicted octanol–water partition coefficient (Wildman–Crippen LogP) is 4.60. The number of methoxy groups -OCH3 is 1. The molecule has 21 heavy (non-hydrogen) atoms. The van der Waals surface area contributed by atoms with Gasteiger partial charge in [-0.15, -0.1) is 0 Å². The van der Waals surface area contributed by atoms with Gasteiger partial charge in [0.25, 0.3) is 0 Å². The van der Waals surface area contributed by atoms with E-state index >= 15 is 0 Å². The summed E-state index contributed by atoms with van der Waals surface area (Å²) in [7, 11) is 1.70. The first-order valence-corrected chi connectivity index (χ1v) is 8.09. The number of benzene rings is 1. The van der Waals surface area contributed by atoms with E-state index in [0.29, 0.717) is 0 Å². The van der Waals surface area contributed by atoms with E-state index < -0.39 is 0 Å². The first-order valence-electron chi connectivity index (χ1n) is 8.09. The molecule has 0 aliphatic heterocycles. The summed E-state index contributed by atoms with van der Waals surface area (Å²) < 4.78 is 5.17.